The van der Waals surface area contributed by atoms with Gasteiger partial charge in [-0.25, -0.2) is 0 Å². The average Bonchev–Trinajstić information content (AvgIpc) is 3.48. The minimum Gasteiger partial charge on any atom is -0.872 e. The molecule has 0 aromatic heterocycles. The third kappa shape index (κ3) is 26.8. The molecule has 0 spiro atoms. The number of hydrogen-bond donors (Lipinski definition) is 0. The fourth-order valence-electron chi connectivity index (χ4n) is 8.64. The average molecular weight is 1110 g/mol. The zero-order valence-electron chi connectivity index (χ0n) is 47.9. The summed E-state index contributed by atoms with van der Waals surface area (Å²) in [4.78, 5) is 8.89. The summed E-state index contributed by atoms with van der Waals surface area (Å²) in [6.45, 7) is 12.0. The van der Waals surface area contributed by atoms with E-state index in [1.807, 2.05) is 72.8 Å². The molecule has 6 rings (SSSR count). The Morgan fingerprint density at radius 3 is 0.949 bits per heavy atom. The summed E-state index contributed by atoms with van der Waals surface area (Å²) < 4.78 is 11.8. The van der Waals surface area contributed by atoms with Gasteiger partial charge in [0.15, 0.2) is 0 Å². The van der Waals surface area contributed by atoms with Gasteiger partial charge < -0.3 is 19.7 Å². The van der Waals surface area contributed by atoms with Gasteiger partial charge in [0.1, 0.15) is 11.5 Å². The van der Waals surface area contributed by atoms with Crippen LogP contribution in [0, 0.1) is 0 Å². The van der Waals surface area contributed by atoms with Crippen molar-refractivity contribution >= 4 is 35.2 Å². The van der Waals surface area contributed by atoms with Crippen molar-refractivity contribution in [3.05, 3.63) is 145 Å². The molecule has 0 amide bonds. The monoisotopic (exact) mass is 1110 g/mol. The summed E-state index contributed by atoms with van der Waals surface area (Å²) in [5.41, 5.74) is 8.38. The molecule has 0 aliphatic heterocycles. The molecule has 0 radical (unpaired) electrons. The Hall–Kier alpha value is -6.45. The Morgan fingerprint density at radius 2 is 0.608 bits per heavy atom. The first-order valence-corrected chi connectivity index (χ1v) is 29.5. The van der Waals surface area contributed by atoms with Crippen LogP contribution in [0.25, 0.3) is 22.3 Å². The van der Waals surface area contributed by atoms with E-state index in [-0.39, 0.29) is 28.0 Å². The summed E-state index contributed by atoms with van der Waals surface area (Å²) >= 11 is 0. The van der Waals surface area contributed by atoms with Crippen molar-refractivity contribution in [1.29, 1.82) is 0 Å². The van der Waals surface area contributed by atoms with Gasteiger partial charge in [-0.1, -0.05) is 215 Å². The van der Waals surface area contributed by atoms with E-state index in [0.717, 1.165) is 97.1 Å². The van der Waals surface area contributed by atoms with Crippen molar-refractivity contribution < 1.29 is 36.2 Å². The van der Waals surface area contributed by atoms with E-state index in [1.165, 1.54) is 128 Å². The summed E-state index contributed by atoms with van der Waals surface area (Å²) in [7, 11) is 0. The van der Waals surface area contributed by atoms with Crippen molar-refractivity contribution in [1.82, 2.24) is 0 Å². The molecule has 0 bridgehead atoms. The Bertz CT molecular complexity index is 2470. The first kappa shape index (κ1) is 65.1. The van der Waals surface area contributed by atoms with Crippen LogP contribution in [0.4, 0.5) is 22.7 Å². The van der Waals surface area contributed by atoms with Gasteiger partial charge in [0.2, 0.25) is 0 Å². The largest absolute Gasteiger partial charge is 2.00 e. The summed E-state index contributed by atoms with van der Waals surface area (Å²) in [5.74, 6) is 1.73. The minimum atomic E-state index is -0.0478. The third-order valence-corrected chi connectivity index (χ3v) is 13.4. The molecule has 424 valence electrons. The molecule has 0 N–H and O–H groups in total. The van der Waals surface area contributed by atoms with E-state index >= 15 is 0 Å². The van der Waals surface area contributed by atoms with E-state index < -0.39 is 0 Å². The van der Waals surface area contributed by atoms with E-state index in [4.69, 9.17) is 9.47 Å². The van der Waals surface area contributed by atoms with Gasteiger partial charge in [-0.2, -0.15) is 20.5 Å². The van der Waals surface area contributed by atoms with Crippen LogP contribution in [-0.4, -0.2) is 38.7 Å². The molecule has 79 heavy (non-hydrogen) atoms. The van der Waals surface area contributed by atoms with Crippen molar-refractivity contribution in [3.8, 4) is 45.3 Å². The Kier molecular flexibility index (Phi) is 33.5. The summed E-state index contributed by atoms with van der Waals surface area (Å²) in [6.07, 6.45) is 30.4. The minimum absolute atomic E-state index is 0. The predicted molar refractivity (Wildman–Crippen MR) is 324 cm³/mol. The number of ether oxygens (including phenoxy) is 2. The van der Waals surface area contributed by atoms with E-state index in [2.05, 4.69) is 82.4 Å². The van der Waals surface area contributed by atoms with Gasteiger partial charge in [0.25, 0.3) is 0 Å². The first-order valence-electron chi connectivity index (χ1n) is 29.5. The molecule has 11 heteroatoms. The molecule has 0 saturated heterocycles. The van der Waals surface area contributed by atoms with E-state index in [0.29, 0.717) is 22.5 Å². The molecule has 0 aliphatic rings. The van der Waals surface area contributed by atoms with Gasteiger partial charge in [0, 0.05) is 25.5 Å². The Morgan fingerprint density at radius 1 is 0.329 bits per heavy atom. The zero-order valence-corrected chi connectivity index (χ0v) is 48.9. The van der Waals surface area contributed by atoms with Gasteiger partial charge in [-0.15, -0.1) is 0 Å². The Balaban J connectivity index is 0.000000336. The maximum Gasteiger partial charge on any atom is 2.00 e. The quantitative estimate of drug-likeness (QED) is 0.0167. The van der Waals surface area contributed by atoms with Crippen LogP contribution in [0.5, 0.6) is 23.0 Å². The first-order chi connectivity index (χ1) is 38.4. The zero-order chi connectivity index (χ0) is 55.1. The molecule has 0 atom stereocenters. The number of nitrogens with zero attached hydrogens (tertiary/aromatic N) is 6. The van der Waals surface area contributed by atoms with Crippen LogP contribution >= 0.6 is 0 Å². The van der Waals surface area contributed by atoms with Crippen LogP contribution in [0.2, 0.25) is 0 Å². The van der Waals surface area contributed by atoms with E-state index in [1.54, 1.807) is 36.7 Å². The predicted octanol–water partition coefficient (Wildman–Crippen LogP) is 19.9. The smallest absolute Gasteiger partial charge is 0.872 e. The number of azo groups is 2. The summed E-state index contributed by atoms with van der Waals surface area (Å²) in [5, 5.41) is 41.8. The normalized spacial score (nSPS) is 11.4. The van der Waals surface area contributed by atoms with Gasteiger partial charge in [0.05, 0.1) is 36.0 Å². The SMILES string of the molecule is CCCCCCCCN=Cc1cc(N=Nc2ccc(-c3ccc(OCCCCCCC)cc3)cc2)ccc1[O-].CCCCCCCCN=Cc1cc(N=Nc2ccc(-c3ccc(OCCCCCCC)cc3)cc2)ccc1[O-].[Ni+2]. The third-order valence-electron chi connectivity index (χ3n) is 13.4. The van der Waals surface area contributed by atoms with E-state index in [9.17, 15) is 10.2 Å². The topological polar surface area (TPSA) is 139 Å². The van der Waals surface area contributed by atoms with Crippen molar-refractivity contribution in [2.45, 2.75) is 169 Å². The molecular formula is C68H88N6NiO4. The molecule has 0 aliphatic carbocycles. The van der Waals surface area contributed by atoms with Gasteiger partial charge in [-0.3, -0.25) is 9.98 Å². The Labute approximate surface area is 484 Å². The molecule has 0 fully saturated rings. The van der Waals surface area contributed by atoms with Crippen molar-refractivity contribution in [3.63, 3.8) is 0 Å². The number of aliphatic imine (C=N–C) groups is 2. The van der Waals surface area contributed by atoms with Crippen LogP contribution in [-0.2, 0) is 16.5 Å². The second-order valence-corrected chi connectivity index (χ2v) is 20.1. The molecule has 0 saturated carbocycles. The van der Waals surface area contributed by atoms with Crippen LogP contribution in [0.3, 0.4) is 0 Å². The number of benzene rings is 6. The van der Waals surface area contributed by atoms with Crippen molar-refractivity contribution in [2.75, 3.05) is 26.3 Å². The van der Waals surface area contributed by atoms with Gasteiger partial charge >= 0.3 is 16.5 Å². The van der Waals surface area contributed by atoms with Crippen LogP contribution in [0.15, 0.2) is 164 Å². The van der Waals surface area contributed by atoms with Crippen molar-refractivity contribution in [2.24, 2.45) is 30.4 Å². The fourth-order valence-corrected chi connectivity index (χ4v) is 8.64. The number of rotatable bonds is 36. The number of hydrogen-bond acceptors (Lipinski definition) is 10. The van der Waals surface area contributed by atoms with Gasteiger partial charge in [-0.05, 0) is 132 Å². The number of unbranched alkanes of at least 4 members (excludes halogenated alkanes) is 18. The molecule has 10 nitrogen and oxygen atoms in total. The molecule has 0 heterocycles. The molecule has 6 aromatic carbocycles. The standard InChI is InChI=1S/2C34H45N3O2.Ni/c2*1-3-5-7-9-10-12-24-35-27-30-26-32(20-23-34(30)38)37-36-31-18-14-28(15-19-31)29-16-21-33(22-17-29)39-25-13-11-8-6-4-2;/h2*14-23,26-27,38H,3-13,24-25H2,1-2H3;/q;;+2/p-2. The second kappa shape index (κ2) is 40.7. The molecule has 6 aromatic rings. The van der Waals surface area contributed by atoms with Crippen LogP contribution < -0.4 is 19.7 Å². The maximum atomic E-state index is 12.2. The fraction of sp³-hybridized carbons (Fsp3) is 0.441. The maximum absolute atomic E-state index is 12.2. The molecular weight excluding hydrogens is 1020 g/mol. The molecule has 0 unspecified atom stereocenters. The summed E-state index contributed by atoms with van der Waals surface area (Å²) in [6, 6.07) is 42.4. The second-order valence-electron chi connectivity index (χ2n) is 20.1. The van der Waals surface area contributed by atoms with Crippen LogP contribution in [0.1, 0.15) is 180 Å².